The van der Waals surface area contributed by atoms with Crippen LogP contribution in [0.3, 0.4) is 0 Å². The van der Waals surface area contributed by atoms with Crippen molar-refractivity contribution in [1.29, 1.82) is 0 Å². The largest absolute Gasteiger partial charge is 0.377 e. The summed E-state index contributed by atoms with van der Waals surface area (Å²) in [6, 6.07) is 8.89. The minimum atomic E-state index is -1.20. The van der Waals surface area contributed by atoms with Gasteiger partial charge in [0.25, 0.3) is 0 Å². The van der Waals surface area contributed by atoms with E-state index < -0.39 is 23.3 Å². The molecule has 8 nitrogen and oxygen atoms in total. The Balaban J connectivity index is 1.30. The van der Waals surface area contributed by atoms with Crippen LogP contribution < -0.4 is 16.4 Å². The molecule has 2 saturated heterocycles. The predicted molar refractivity (Wildman–Crippen MR) is 138 cm³/mol. The zero-order chi connectivity index (χ0) is 25.4. The molecule has 3 aliphatic rings. The van der Waals surface area contributed by atoms with Crippen molar-refractivity contribution in [1.82, 2.24) is 15.5 Å². The molecule has 3 fully saturated rings. The number of nitrogens with zero attached hydrogens (tertiary/aromatic N) is 1. The SMILES string of the molecule is NC(=O)C1(C(=O)NC(Cc2ccccc2)C(=O)NCC2CCN(CC3CCCCO3)CC2)CCCC1. The summed E-state index contributed by atoms with van der Waals surface area (Å²) < 4.78 is 5.89. The monoisotopic (exact) mass is 498 g/mol. The van der Waals surface area contributed by atoms with Crippen LogP contribution in [0.25, 0.3) is 0 Å². The van der Waals surface area contributed by atoms with Gasteiger partial charge in [-0.3, -0.25) is 14.4 Å². The van der Waals surface area contributed by atoms with Crippen molar-refractivity contribution in [2.75, 3.05) is 32.8 Å². The predicted octanol–water partition coefficient (Wildman–Crippen LogP) is 2.16. The molecule has 198 valence electrons. The Morgan fingerprint density at radius 3 is 2.39 bits per heavy atom. The van der Waals surface area contributed by atoms with Gasteiger partial charge in [-0.1, -0.05) is 43.2 Å². The molecule has 0 aromatic heterocycles. The van der Waals surface area contributed by atoms with Gasteiger partial charge in [-0.05, 0) is 69.5 Å². The van der Waals surface area contributed by atoms with Crippen LogP contribution in [0, 0.1) is 11.3 Å². The number of hydrogen-bond donors (Lipinski definition) is 3. The summed E-state index contributed by atoms with van der Waals surface area (Å²) >= 11 is 0. The first kappa shape index (κ1) is 26.6. The Bertz CT molecular complexity index is 873. The number of rotatable bonds is 10. The molecule has 2 heterocycles. The van der Waals surface area contributed by atoms with Gasteiger partial charge in [0.1, 0.15) is 11.5 Å². The molecule has 4 N–H and O–H groups in total. The van der Waals surface area contributed by atoms with E-state index >= 15 is 0 Å². The molecule has 0 radical (unpaired) electrons. The minimum absolute atomic E-state index is 0.206. The first-order valence-electron chi connectivity index (χ1n) is 13.7. The van der Waals surface area contributed by atoms with Crippen LogP contribution in [0.2, 0.25) is 0 Å². The summed E-state index contributed by atoms with van der Waals surface area (Å²) in [6.07, 6.45) is 8.85. The van der Waals surface area contributed by atoms with E-state index in [9.17, 15) is 14.4 Å². The highest BCUT2D eigenvalue weighted by atomic mass is 16.5. The van der Waals surface area contributed by atoms with E-state index in [0.717, 1.165) is 63.9 Å². The maximum Gasteiger partial charge on any atom is 0.242 e. The van der Waals surface area contributed by atoms with E-state index in [4.69, 9.17) is 10.5 Å². The molecule has 2 unspecified atom stereocenters. The molecule has 36 heavy (non-hydrogen) atoms. The van der Waals surface area contributed by atoms with Crippen molar-refractivity contribution in [3.8, 4) is 0 Å². The van der Waals surface area contributed by atoms with Crippen LogP contribution in [-0.4, -0.2) is 67.6 Å². The highest BCUT2D eigenvalue weighted by Crippen LogP contribution is 2.38. The maximum atomic E-state index is 13.3. The molecular formula is C28H42N4O4. The summed E-state index contributed by atoms with van der Waals surface area (Å²) in [4.78, 5) is 41.2. The first-order chi connectivity index (χ1) is 17.5. The number of ether oxygens (including phenoxy) is 1. The summed E-state index contributed by atoms with van der Waals surface area (Å²) in [5.74, 6) is -0.802. The molecular weight excluding hydrogens is 456 g/mol. The molecule has 4 rings (SSSR count). The quantitative estimate of drug-likeness (QED) is 0.428. The molecule has 0 bridgehead atoms. The van der Waals surface area contributed by atoms with Crippen LogP contribution >= 0.6 is 0 Å². The van der Waals surface area contributed by atoms with Crippen molar-refractivity contribution in [3.63, 3.8) is 0 Å². The topological polar surface area (TPSA) is 114 Å². The molecule has 3 amide bonds. The van der Waals surface area contributed by atoms with Crippen LogP contribution in [0.4, 0.5) is 0 Å². The summed E-state index contributed by atoms with van der Waals surface area (Å²) in [5, 5.41) is 5.99. The van der Waals surface area contributed by atoms with Crippen molar-refractivity contribution in [2.24, 2.45) is 17.1 Å². The van der Waals surface area contributed by atoms with E-state index in [-0.39, 0.29) is 5.91 Å². The second kappa shape index (κ2) is 12.7. The van der Waals surface area contributed by atoms with Gasteiger partial charge in [0.05, 0.1) is 6.10 Å². The van der Waals surface area contributed by atoms with Gasteiger partial charge in [0, 0.05) is 26.1 Å². The Hall–Kier alpha value is -2.45. The molecule has 1 aromatic carbocycles. The summed E-state index contributed by atoms with van der Waals surface area (Å²) in [7, 11) is 0. The lowest BCUT2D eigenvalue weighted by atomic mass is 9.84. The van der Waals surface area contributed by atoms with Crippen LogP contribution in [0.1, 0.15) is 63.4 Å². The third-order valence-corrected chi connectivity index (χ3v) is 8.28. The lowest BCUT2D eigenvalue weighted by Gasteiger charge is -2.35. The number of carbonyl (C=O) groups is 3. The lowest BCUT2D eigenvalue weighted by Crippen LogP contribution is -2.55. The van der Waals surface area contributed by atoms with Gasteiger partial charge in [0.2, 0.25) is 17.7 Å². The first-order valence-corrected chi connectivity index (χ1v) is 13.7. The van der Waals surface area contributed by atoms with Gasteiger partial charge >= 0.3 is 0 Å². The fourth-order valence-corrected chi connectivity index (χ4v) is 5.90. The van der Waals surface area contributed by atoms with Gasteiger partial charge in [-0.15, -0.1) is 0 Å². The smallest absolute Gasteiger partial charge is 0.242 e. The molecule has 0 spiro atoms. The fourth-order valence-electron chi connectivity index (χ4n) is 5.90. The van der Waals surface area contributed by atoms with Gasteiger partial charge in [-0.2, -0.15) is 0 Å². The van der Waals surface area contributed by atoms with E-state index in [1.165, 1.54) is 12.8 Å². The number of piperidine rings is 1. The van der Waals surface area contributed by atoms with E-state index in [1.807, 2.05) is 30.3 Å². The number of primary amides is 1. The standard InChI is InChI=1S/C28H42N4O4/c29-26(34)28(13-5-6-14-28)27(35)31-24(18-21-8-2-1-3-9-21)25(33)30-19-22-11-15-32(16-12-22)20-23-10-4-7-17-36-23/h1-3,8-9,22-24H,4-7,10-20H2,(H2,29,34)(H,30,33)(H,31,35). The number of carbonyl (C=O) groups excluding carboxylic acids is 3. The minimum Gasteiger partial charge on any atom is -0.377 e. The molecule has 1 saturated carbocycles. The van der Waals surface area contributed by atoms with E-state index in [2.05, 4.69) is 15.5 Å². The zero-order valence-corrected chi connectivity index (χ0v) is 21.4. The van der Waals surface area contributed by atoms with E-state index in [1.54, 1.807) is 0 Å². The van der Waals surface area contributed by atoms with Crippen molar-refractivity contribution in [2.45, 2.75) is 76.4 Å². The van der Waals surface area contributed by atoms with Crippen LogP contribution in [0.5, 0.6) is 0 Å². The molecule has 8 heteroatoms. The van der Waals surface area contributed by atoms with Crippen molar-refractivity contribution in [3.05, 3.63) is 35.9 Å². The Morgan fingerprint density at radius 1 is 1.03 bits per heavy atom. The number of nitrogens with one attached hydrogen (secondary N) is 2. The third kappa shape index (κ3) is 6.85. The summed E-state index contributed by atoms with van der Waals surface area (Å²) in [5.41, 5.74) is 5.40. The number of hydrogen-bond acceptors (Lipinski definition) is 5. The van der Waals surface area contributed by atoms with Crippen molar-refractivity contribution < 1.29 is 19.1 Å². The zero-order valence-electron chi connectivity index (χ0n) is 21.4. The molecule has 1 aliphatic carbocycles. The fraction of sp³-hybridized carbons (Fsp3) is 0.679. The lowest BCUT2D eigenvalue weighted by molar-refractivity contribution is -0.143. The molecule has 2 aliphatic heterocycles. The Morgan fingerprint density at radius 2 is 1.75 bits per heavy atom. The Labute approximate surface area is 214 Å². The maximum absolute atomic E-state index is 13.3. The number of nitrogens with two attached hydrogens (primary N) is 1. The van der Waals surface area contributed by atoms with Crippen LogP contribution in [0.15, 0.2) is 30.3 Å². The number of amides is 3. The number of benzene rings is 1. The number of likely N-dealkylation sites (tertiary alicyclic amines) is 1. The summed E-state index contributed by atoms with van der Waals surface area (Å²) in [6.45, 7) is 4.52. The average molecular weight is 499 g/mol. The van der Waals surface area contributed by atoms with E-state index in [0.29, 0.717) is 37.8 Å². The molecule has 1 aromatic rings. The van der Waals surface area contributed by atoms with Gasteiger partial charge in [-0.25, -0.2) is 0 Å². The Kier molecular flexibility index (Phi) is 9.37. The second-order valence-electron chi connectivity index (χ2n) is 10.8. The average Bonchev–Trinajstić information content (AvgIpc) is 3.41. The van der Waals surface area contributed by atoms with Crippen LogP contribution in [-0.2, 0) is 25.5 Å². The normalized spacial score (nSPS) is 23.6. The van der Waals surface area contributed by atoms with Gasteiger partial charge < -0.3 is 26.0 Å². The second-order valence-corrected chi connectivity index (χ2v) is 10.8. The molecule has 2 atom stereocenters. The highest BCUT2D eigenvalue weighted by Gasteiger charge is 2.47. The van der Waals surface area contributed by atoms with Crippen molar-refractivity contribution >= 4 is 17.7 Å². The van der Waals surface area contributed by atoms with Gasteiger partial charge in [0.15, 0.2) is 0 Å². The highest BCUT2D eigenvalue weighted by molar-refractivity contribution is 6.05. The third-order valence-electron chi connectivity index (χ3n) is 8.28.